The number of carboxylic acid groups (broad SMARTS) is 1. The molecule has 0 saturated heterocycles. The van der Waals surface area contributed by atoms with Gasteiger partial charge in [0.15, 0.2) is 5.92 Å². The van der Waals surface area contributed by atoms with Crippen molar-refractivity contribution < 1.29 is 23.1 Å². The molecule has 0 aliphatic rings. The van der Waals surface area contributed by atoms with Crippen molar-refractivity contribution in [3.05, 3.63) is 0 Å². The van der Waals surface area contributed by atoms with Crippen molar-refractivity contribution in [2.75, 3.05) is 13.1 Å². The van der Waals surface area contributed by atoms with Gasteiger partial charge in [-0.25, -0.2) is 0 Å². The van der Waals surface area contributed by atoms with E-state index in [1.165, 1.54) is 0 Å². The molecular weight excluding hydrogens is 199 g/mol. The van der Waals surface area contributed by atoms with Crippen molar-refractivity contribution in [1.29, 1.82) is 0 Å². The molecule has 0 spiro atoms. The van der Waals surface area contributed by atoms with Crippen LogP contribution in [0, 0.1) is 11.8 Å². The summed E-state index contributed by atoms with van der Waals surface area (Å²) < 4.78 is 36.2. The number of carboxylic acids is 1. The standard InChI is InChI=1S/C8H14F3NO2/c1-5(2)3-12-4-6(7(13)14)8(9,10)11/h5-6,12H,3-4H2,1-2H3,(H,13,14). The monoisotopic (exact) mass is 213 g/mol. The number of carbonyl (C=O) groups is 1. The highest BCUT2D eigenvalue weighted by atomic mass is 19.4. The average Bonchev–Trinajstić information content (AvgIpc) is 1.94. The zero-order chi connectivity index (χ0) is 11.4. The first kappa shape index (κ1) is 13.2. The fourth-order valence-electron chi connectivity index (χ4n) is 0.859. The molecule has 0 aromatic heterocycles. The number of hydrogen-bond donors (Lipinski definition) is 2. The van der Waals surface area contributed by atoms with E-state index in [1.807, 2.05) is 13.8 Å². The predicted octanol–water partition coefficient (Wildman–Crippen LogP) is 1.50. The molecule has 0 rings (SSSR count). The molecule has 0 saturated carbocycles. The number of aliphatic carboxylic acids is 1. The van der Waals surface area contributed by atoms with Gasteiger partial charge in [-0.1, -0.05) is 13.8 Å². The third kappa shape index (κ3) is 5.06. The Bertz CT molecular complexity index is 192. The van der Waals surface area contributed by atoms with Crippen molar-refractivity contribution >= 4 is 5.97 Å². The number of rotatable bonds is 5. The lowest BCUT2D eigenvalue weighted by Gasteiger charge is -2.17. The van der Waals surface area contributed by atoms with Gasteiger partial charge in [-0.2, -0.15) is 13.2 Å². The van der Waals surface area contributed by atoms with Crippen LogP contribution in [0.4, 0.5) is 13.2 Å². The van der Waals surface area contributed by atoms with E-state index < -0.39 is 24.6 Å². The van der Waals surface area contributed by atoms with Crippen LogP contribution in [0.2, 0.25) is 0 Å². The SMILES string of the molecule is CC(C)CNCC(C(=O)O)C(F)(F)F. The van der Waals surface area contributed by atoms with E-state index in [9.17, 15) is 18.0 Å². The number of hydrogen-bond acceptors (Lipinski definition) is 2. The van der Waals surface area contributed by atoms with Crippen molar-refractivity contribution in [3.63, 3.8) is 0 Å². The van der Waals surface area contributed by atoms with Crippen LogP contribution in [0.5, 0.6) is 0 Å². The van der Waals surface area contributed by atoms with Gasteiger partial charge < -0.3 is 10.4 Å². The second-order valence-electron chi connectivity index (χ2n) is 3.48. The molecular formula is C8H14F3NO2. The van der Waals surface area contributed by atoms with Crippen LogP contribution in [0.25, 0.3) is 0 Å². The summed E-state index contributed by atoms with van der Waals surface area (Å²) in [5.74, 6) is -3.97. The highest BCUT2D eigenvalue weighted by Crippen LogP contribution is 2.25. The summed E-state index contributed by atoms with van der Waals surface area (Å²) in [7, 11) is 0. The van der Waals surface area contributed by atoms with Gasteiger partial charge in [-0.05, 0) is 12.5 Å². The topological polar surface area (TPSA) is 49.3 Å². The quantitative estimate of drug-likeness (QED) is 0.727. The van der Waals surface area contributed by atoms with Gasteiger partial charge in [0, 0.05) is 6.54 Å². The van der Waals surface area contributed by atoms with Gasteiger partial charge in [-0.15, -0.1) is 0 Å². The first-order valence-electron chi connectivity index (χ1n) is 4.25. The average molecular weight is 213 g/mol. The Morgan fingerprint density at radius 2 is 1.86 bits per heavy atom. The van der Waals surface area contributed by atoms with Gasteiger partial charge in [0.05, 0.1) is 0 Å². The first-order valence-corrected chi connectivity index (χ1v) is 4.25. The van der Waals surface area contributed by atoms with Crippen molar-refractivity contribution in [3.8, 4) is 0 Å². The zero-order valence-electron chi connectivity index (χ0n) is 8.06. The molecule has 6 heteroatoms. The maximum atomic E-state index is 12.1. The number of alkyl halides is 3. The summed E-state index contributed by atoms with van der Waals surface area (Å²) in [6.45, 7) is 3.46. The molecule has 3 nitrogen and oxygen atoms in total. The first-order chi connectivity index (χ1) is 6.25. The molecule has 0 bridgehead atoms. The maximum absolute atomic E-state index is 12.1. The van der Waals surface area contributed by atoms with Crippen molar-refractivity contribution in [2.45, 2.75) is 20.0 Å². The van der Waals surface area contributed by atoms with E-state index >= 15 is 0 Å². The van der Waals surface area contributed by atoms with Crippen LogP contribution in [-0.4, -0.2) is 30.3 Å². The predicted molar refractivity (Wildman–Crippen MR) is 44.9 cm³/mol. The maximum Gasteiger partial charge on any atom is 0.403 e. The third-order valence-electron chi connectivity index (χ3n) is 1.59. The molecule has 0 radical (unpaired) electrons. The minimum Gasteiger partial charge on any atom is -0.481 e. The summed E-state index contributed by atoms with van der Waals surface area (Å²) >= 11 is 0. The zero-order valence-corrected chi connectivity index (χ0v) is 8.06. The van der Waals surface area contributed by atoms with Gasteiger partial charge >= 0.3 is 12.1 Å². The van der Waals surface area contributed by atoms with E-state index in [4.69, 9.17) is 5.11 Å². The Kier molecular flexibility index (Phi) is 4.90. The Morgan fingerprint density at radius 3 is 2.14 bits per heavy atom. The van der Waals surface area contributed by atoms with Gasteiger partial charge in [0.2, 0.25) is 0 Å². The second-order valence-corrected chi connectivity index (χ2v) is 3.48. The summed E-state index contributed by atoms with van der Waals surface area (Å²) in [4.78, 5) is 10.3. The lowest BCUT2D eigenvalue weighted by molar-refractivity contribution is -0.192. The lowest BCUT2D eigenvalue weighted by Crippen LogP contribution is -2.40. The molecule has 0 aliphatic heterocycles. The van der Waals surface area contributed by atoms with E-state index in [0.717, 1.165) is 0 Å². The highest BCUT2D eigenvalue weighted by molar-refractivity contribution is 5.71. The normalized spacial score (nSPS) is 14.4. The van der Waals surface area contributed by atoms with Crippen LogP contribution in [0.3, 0.4) is 0 Å². The Labute approximate surface area is 80.3 Å². The molecule has 0 amide bonds. The number of halogens is 3. The van der Waals surface area contributed by atoms with E-state index in [0.29, 0.717) is 6.54 Å². The van der Waals surface area contributed by atoms with Crippen LogP contribution >= 0.6 is 0 Å². The van der Waals surface area contributed by atoms with Gasteiger partial charge in [0.1, 0.15) is 0 Å². The molecule has 14 heavy (non-hydrogen) atoms. The summed E-state index contributed by atoms with van der Waals surface area (Å²) in [5.41, 5.74) is 0. The second kappa shape index (κ2) is 5.19. The molecule has 0 fully saturated rings. The summed E-state index contributed by atoms with van der Waals surface area (Å²) in [5, 5.41) is 10.8. The molecule has 2 N–H and O–H groups in total. The summed E-state index contributed by atoms with van der Waals surface area (Å²) in [6, 6.07) is 0. The van der Waals surface area contributed by atoms with E-state index in [1.54, 1.807) is 0 Å². The molecule has 0 aromatic rings. The fraction of sp³-hybridized carbons (Fsp3) is 0.875. The minimum absolute atomic E-state index is 0.192. The van der Waals surface area contributed by atoms with Crippen LogP contribution in [0.15, 0.2) is 0 Å². The lowest BCUT2D eigenvalue weighted by atomic mass is 10.1. The number of nitrogens with one attached hydrogen (secondary N) is 1. The third-order valence-corrected chi connectivity index (χ3v) is 1.59. The van der Waals surface area contributed by atoms with E-state index in [-0.39, 0.29) is 5.92 Å². The molecule has 0 aliphatic carbocycles. The largest absolute Gasteiger partial charge is 0.481 e. The van der Waals surface area contributed by atoms with Crippen LogP contribution < -0.4 is 5.32 Å². The minimum atomic E-state index is -4.68. The van der Waals surface area contributed by atoms with Crippen molar-refractivity contribution in [2.24, 2.45) is 11.8 Å². The fourth-order valence-corrected chi connectivity index (χ4v) is 0.859. The molecule has 0 heterocycles. The van der Waals surface area contributed by atoms with Crippen LogP contribution in [-0.2, 0) is 4.79 Å². The van der Waals surface area contributed by atoms with E-state index in [2.05, 4.69) is 5.32 Å². The highest BCUT2D eigenvalue weighted by Gasteiger charge is 2.44. The molecule has 1 atom stereocenters. The Hall–Kier alpha value is -0.780. The van der Waals surface area contributed by atoms with Crippen LogP contribution in [0.1, 0.15) is 13.8 Å². The Balaban J connectivity index is 4.07. The smallest absolute Gasteiger partial charge is 0.403 e. The van der Waals surface area contributed by atoms with Crippen molar-refractivity contribution in [1.82, 2.24) is 5.32 Å². The van der Waals surface area contributed by atoms with Gasteiger partial charge in [-0.3, -0.25) is 4.79 Å². The van der Waals surface area contributed by atoms with Gasteiger partial charge in [0.25, 0.3) is 0 Å². The molecule has 84 valence electrons. The molecule has 0 aromatic carbocycles. The Morgan fingerprint density at radius 1 is 1.36 bits per heavy atom. The summed E-state index contributed by atoms with van der Waals surface area (Å²) in [6.07, 6.45) is -4.68. The molecule has 1 unspecified atom stereocenters.